The van der Waals surface area contributed by atoms with Crippen molar-refractivity contribution in [2.24, 2.45) is 5.92 Å². The van der Waals surface area contributed by atoms with E-state index in [1.165, 1.54) is 16.5 Å². The Hall–Kier alpha value is -2.94. The Morgan fingerprint density at radius 2 is 1.88 bits per heavy atom. The highest BCUT2D eigenvalue weighted by Gasteiger charge is 2.28. The van der Waals surface area contributed by atoms with Gasteiger partial charge in [-0.15, -0.1) is 0 Å². The Bertz CT molecular complexity index is 1260. The van der Waals surface area contributed by atoms with E-state index >= 15 is 0 Å². The number of carbonyl (C=O) groups is 1. The molecule has 1 atom stereocenters. The number of hydrogen-bond acceptors (Lipinski definition) is 7. The molecule has 1 unspecified atom stereocenters. The molecule has 8 nitrogen and oxygen atoms in total. The van der Waals surface area contributed by atoms with Gasteiger partial charge in [0.15, 0.2) is 5.65 Å². The summed E-state index contributed by atoms with van der Waals surface area (Å²) in [5, 5.41) is 0.672. The van der Waals surface area contributed by atoms with Crippen molar-refractivity contribution in [1.82, 2.24) is 13.9 Å². The number of aryl methyl sites for hydroxylation is 1. The number of rotatable bonds is 5. The van der Waals surface area contributed by atoms with Gasteiger partial charge in [-0.1, -0.05) is 17.7 Å². The normalized spacial score (nSPS) is 17.3. The van der Waals surface area contributed by atoms with Gasteiger partial charge in [0.2, 0.25) is 0 Å². The third kappa shape index (κ3) is 5.03. The van der Waals surface area contributed by atoms with Crippen molar-refractivity contribution in [3.05, 3.63) is 48.4 Å². The minimum atomic E-state index is -3.78. The molecule has 4 rings (SSSR count). The molecule has 3 heterocycles. The molecule has 2 aromatic heterocycles. The third-order valence-electron chi connectivity index (χ3n) is 5.70. The summed E-state index contributed by atoms with van der Waals surface area (Å²) < 4.78 is 33.2. The van der Waals surface area contributed by atoms with E-state index in [2.05, 4.69) is 14.9 Å². The molecule has 9 heteroatoms. The van der Waals surface area contributed by atoms with E-state index in [1.807, 2.05) is 27.7 Å². The van der Waals surface area contributed by atoms with Crippen LogP contribution in [0.3, 0.4) is 0 Å². The van der Waals surface area contributed by atoms with E-state index in [0.717, 1.165) is 24.9 Å². The van der Waals surface area contributed by atoms with Crippen molar-refractivity contribution in [2.75, 3.05) is 18.0 Å². The summed E-state index contributed by atoms with van der Waals surface area (Å²) in [6, 6.07) is 8.50. The number of hydrogen-bond donors (Lipinski definition) is 0. The second kappa shape index (κ2) is 8.78. The number of carbonyl (C=O) groups excluding carboxylic acids is 1. The smallest absolute Gasteiger partial charge is 0.306 e. The van der Waals surface area contributed by atoms with Gasteiger partial charge < -0.3 is 9.64 Å². The molecule has 0 amide bonds. The molecule has 0 N–H and O–H groups in total. The highest BCUT2D eigenvalue weighted by molar-refractivity contribution is 7.90. The molecule has 0 spiro atoms. The number of nitrogens with zero attached hydrogens (tertiary/aromatic N) is 4. The Balaban J connectivity index is 1.60. The van der Waals surface area contributed by atoms with E-state index < -0.39 is 15.6 Å². The van der Waals surface area contributed by atoms with Crippen molar-refractivity contribution in [2.45, 2.75) is 57.5 Å². The number of esters is 1. The maximum atomic E-state index is 13.2. The Labute approximate surface area is 194 Å². The zero-order valence-electron chi connectivity index (χ0n) is 19.5. The molecular formula is C24H30N4O4S. The van der Waals surface area contributed by atoms with Gasteiger partial charge in [-0.05, 0) is 64.7 Å². The summed E-state index contributed by atoms with van der Waals surface area (Å²) in [5.41, 5.74) is 0.827. The van der Waals surface area contributed by atoms with E-state index in [4.69, 9.17) is 4.74 Å². The molecule has 176 valence electrons. The van der Waals surface area contributed by atoms with Gasteiger partial charge in [-0.2, -0.15) is 0 Å². The summed E-state index contributed by atoms with van der Waals surface area (Å²) >= 11 is 0. The fourth-order valence-corrected chi connectivity index (χ4v) is 5.53. The molecular weight excluding hydrogens is 440 g/mol. The summed E-state index contributed by atoms with van der Waals surface area (Å²) in [5.74, 6) is 0.640. The zero-order chi connectivity index (χ0) is 23.8. The lowest BCUT2D eigenvalue weighted by molar-refractivity contribution is -0.156. The van der Waals surface area contributed by atoms with Crippen LogP contribution in [0.1, 0.15) is 45.6 Å². The minimum Gasteiger partial charge on any atom is -0.460 e. The molecule has 0 bridgehead atoms. The number of anilines is 1. The van der Waals surface area contributed by atoms with Gasteiger partial charge >= 0.3 is 5.97 Å². The van der Waals surface area contributed by atoms with Crippen LogP contribution in [0.4, 0.5) is 5.82 Å². The van der Waals surface area contributed by atoms with Gasteiger partial charge in [0.1, 0.15) is 17.7 Å². The number of ether oxygens (including phenoxy) is 1. The first-order valence-electron chi connectivity index (χ1n) is 11.2. The molecule has 1 saturated heterocycles. The Morgan fingerprint density at radius 1 is 1.15 bits per heavy atom. The maximum Gasteiger partial charge on any atom is 0.306 e. The quantitative estimate of drug-likeness (QED) is 0.522. The molecule has 1 aliphatic heterocycles. The van der Waals surface area contributed by atoms with Crippen LogP contribution in [0.25, 0.3) is 11.0 Å². The van der Waals surface area contributed by atoms with E-state index in [-0.39, 0.29) is 16.8 Å². The summed E-state index contributed by atoms with van der Waals surface area (Å²) in [7, 11) is -3.78. The third-order valence-corrected chi connectivity index (χ3v) is 7.38. The number of aromatic nitrogens is 3. The summed E-state index contributed by atoms with van der Waals surface area (Å²) in [6.07, 6.45) is 5.13. The van der Waals surface area contributed by atoms with Gasteiger partial charge in [-0.3, -0.25) is 4.79 Å². The largest absolute Gasteiger partial charge is 0.460 e. The Kier molecular flexibility index (Phi) is 6.18. The van der Waals surface area contributed by atoms with Crippen LogP contribution in [0.2, 0.25) is 0 Å². The highest BCUT2D eigenvalue weighted by Crippen LogP contribution is 2.31. The predicted molar refractivity (Wildman–Crippen MR) is 127 cm³/mol. The standard InChI is InChI=1S/C24H30N4O4S/c1-17-7-9-19(10-8-17)33(30,31)28-13-11-20-22(25-16-26-23(20)28)27-12-5-6-18(15-27)14-21(29)32-24(2,3)4/h7-11,13,16,18H,5-6,12,14-15H2,1-4H3. The lowest BCUT2D eigenvalue weighted by atomic mass is 9.94. The molecule has 0 saturated carbocycles. The fourth-order valence-electron chi connectivity index (χ4n) is 4.23. The molecule has 0 radical (unpaired) electrons. The van der Waals surface area contributed by atoms with Gasteiger partial charge in [0, 0.05) is 19.3 Å². The number of benzene rings is 1. The highest BCUT2D eigenvalue weighted by atomic mass is 32.2. The van der Waals surface area contributed by atoms with E-state index in [9.17, 15) is 13.2 Å². The van der Waals surface area contributed by atoms with Crippen molar-refractivity contribution in [3.63, 3.8) is 0 Å². The predicted octanol–water partition coefficient (Wildman–Crippen LogP) is 3.92. The number of fused-ring (bicyclic) bond motifs is 1. The Morgan fingerprint density at radius 3 is 2.58 bits per heavy atom. The van der Waals surface area contributed by atoms with Crippen LogP contribution < -0.4 is 4.90 Å². The van der Waals surface area contributed by atoms with Crippen LogP contribution >= 0.6 is 0 Å². The van der Waals surface area contributed by atoms with Gasteiger partial charge in [0.25, 0.3) is 10.0 Å². The van der Waals surface area contributed by atoms with Gasteiger partial charge in [0.05, 0.1) is 16.7 Å². The van der Waals surface area contributed by atoms with Crippen LogP contribution in [0.5, 0.6) is 0 Å². The van der Waals surface area contributed by atoms with Crippen molar-refractivity contribution < 1.29 is 17.9 Å². The first-order valence-corrected chi connectivity index (χ1v) is 12.6. The fraction of sp³-hybridized carbons (Fsp3) is 0.458. The molecule has 1 fully saturated rings. The van der Waals surface area contributed by atoms with Crippen LogP contribution in [0, 0.1) is 12.8 Å². The number of piperidine rings is 1. The first kappa shape index (κ1) is 23.2. The van der Waals surface area contributed by atoms with Crippen molar-refractivity contribution >= 4 is 32.8 Å². The van der Waals surface area contributed by atoms with Crippen LogP contribution in [-0.2, 0) is 19.6 Å². The average Bonchev–Trinajstić information content (AvgIpc) is 3.18. The second-order valence-corrected chi connectivity index (χ2v) is 11.4. The van der Waals surface area contributed by atoms with E-state index in [1.54, 1.807) is 30.3 Å². The molecule has 1 aliphatic rings. The van der Waals surface area contributed by atoms with Crippen LogP contribution in [-0.4, -0.2) is 47.0 Å². The molecule has 1 aromatic carbocycles. The zero-order valence-corrected chi connectivity index (χ0v) is 20.3. The molecule has 0 aliphatic carbocycles. The maximum absolute atomic E-state index is 13.2. The summed E-state index contributed by atoms with van der Waals surface area (Å²) in [4.78, 5) is 23.4. The topological polar surface area (TPSA) is 94.4 Å². The lowest BCUT2D eigenvalue weighted by Gasteiger charge is -2.34. The van der Waals surface area contributed by atoms with Gasteiger partial charge in [-0.25, -0.2) is 22.4 Å². The van der Waals surface area contributed by atoms with Crippen molar-refractivity contribution in [3.8, 4) is 0 Å². The summed E-state index contributed by atoms with van der Waals surface area (Å²) in [6.45, 7) is 8.95. The first-order chi connectivity index (χ1) is 15.5. The SMILES string of the molecule is Cc1ccc(S(=O)(=O)n2ccc3c(N4CCCC(CC(=O)OC(C)(C)C)C4)ncnc32)cc1. The monoisotopic (exact) mass is 470 g/mol. The second-order valence-electron chi connectivity index (χ2n) is 9.61. The molecule has 33 heavy (non-hydrogen) atoms. The molecule has 3 aromatic rings. The lowest BCUT2D eigenvalue weighted by Crippen LogP contribution is -2.37. The minimum absolute atomic E-state index is 0.150. The average molecular weight is 471 g/mol. The van der Waals surface area contributed by atoms with Crippen LogP contribution in [0.15, 0.2) is 47.8 Å². The van der Waals surface area contributed by atoms with E-state index in [0.29, 0.717) is 29.8 Å². The van der Waals surface area contributed by atoms with Crippen molar-refractivity contribution in [1.29, 1.82) is 0 Å².